The summed E-state index contributed by atoms with van der Waals surface area (Å²) < 4.78 is 7.88. The smallest absolute Gasteiger partial charge is 0.134 e. The summed E-state index contributed by atoms with van der Waals surface area (Å²) in [6, 6.07) is 18.3. The molecule has 3 aromatic heterocycles. The molecule has 0 atom stereocenters. The van der Waals surface area contributed by atoms with Crippen molar-refractivity contribution in [2.45, 2.75) is 13.1 Å². The molecule has 118 valence electrons. The van der Waals surface area contributed by atoms with Crippen LogP contribution in [0.1, 0.15) is 16.9 Å². The summed E-state index contributed by atoms with van der Waals surface area (Å²) in [6.45, 7) is 1.40. The normalized spacial score (nSPS) is 11.4. The van der Waals surface area contributed by atoms with Gasteiger partial charge in [-0.3, -0.25) is 4.90 Å². The minimum Gasteiger partial charge on any atom is -0.460 e. The van der Waals surface area contributed by atoms with Crippen molar-refractivity contribution in [3.8, 4) is 6.07 Å². The van der Waals surface area contributed by atoms with Crippen LogP contribution >= 0.6 is 0 Å². The number of furan rings is 1. The van der Waals surface area contributed by atoms with Gasteiger partial charge in [-0.1, -0.05) is 24.3 Å². The zero-order chi connectivity index (χ0) is 16.5. The van der Waals surface area contributed by atoms with E-state index in [0.717, 1.165) is 33.4 Å². The van der Waals surface area contributed by atoms with Gasteiger partial charge in [0.25, 0.3) is 0 Å². The van der Waals surface area contributed by atoms with E-state index in [2.05, 4.69) is 23.1 Å². The Hall–Kier alpha value is -3.03. The number of hydrogen-bond acceptors (Lipinski definition) is 3. The Balaban J connectivity index is 1.58. The molecule has 0 radical (unpaired) electrons. The molecule has 4 nitrogen and oxygen atoms in total. The minimum absolute atomic E-state index is 0.696. The van der Waals surface area contributed by atoms with Crippen molar-refractivity contribution in [2.75, 3.05) is 7.05 Å². The maximum absolute atomic E-state index is 9.50. The van der Waals surface area contributed by atoms with Crippen LogP contribution in [-0.4, -0.2) is 16.3 Å². The average molecular weight is 315 g/mol. The summed E-state index contributed by atoms with van der Waals surface area (Å²) in [5.74, 6) is 0.931. The second kappa shape index (κ2) is 5.88. The van der Waals surface area contributed by atoms with Gasteiger partial charge in [0, 0.05) is 29.9 Å². The molecule has 4 heteroatoms. The number of fused-ring (bicyclic) bond motifs is 2. The fourth-order valence-corrected chi connectivity index (χ4v) is 3.15. The number of rotatable bonds is 4. The van der Waals surface area contributed by atoms with Crippen molar-refractivity contribution >= 4 is 16.5 Å². The van der Waals surface area contributed by atoms with Gasteiger partial charge in [0.05, 0.1) is 17.6 Å². The summed E-state index contributed by atoms with van der Waals surface area (Å²) in [5, 5.41) is 10.6. The molecule has 0 fully saturated rings. The summed E-state index contributed by atoms with van der Waals surface area (Å²) in [5.41, 5.74) is 3.63. The van der Waals surface area contributed by atoms with E-state index in [4.69, 9.17) is 4.42 Å². The number of hydrogen-bond donors (Lipinski definition) is 0. The number of para-hydroxylation sites is 1. The zero-order valence-corrected chi connectivity index (χ0v) is 13.4. The second-order valence-corrected chi connectivity index (χ2v) is 6.06. The lowest BCUT2D eigenvalue weighted by molar-refractivity contribution is 0.291. The number of benzene rings is 1. The summed E-state index contributed by atoms with van der Waals surface area (Å²) in [6.07, 6.45) is 4.00. The highest BCUT2D eigenvalue weighted by Gasteiger charge is 2.13. The molecule has 0 saturated carbocycles. The monoisotopic (exact) mass is 315 g/mol. The van der Waals surface area contributed by atoms with Crippen LogP contribution in [0.4, 0.5) is 0 Å². The van der Waals surface area contributed by atoms with Gasteiger partial charge in [0.2, 0.25) is 0 Å². The second-order valence-electron chi connectivity index (χ2n) is 6.06. The Labute approximate surface area is 140 Å². The van der Waals surface area contributed by atoms with Crippen LogP contribution in [0.15, 0.2) is 65.3 Å². The number of aromatic nitrogens is 1. The highest BCUT2D eigenvalue weighted by molar-refractivity contribution is 5.77. The quantitative estimate of drug-likeness (QED) is 0.567. The first-order valence-electron chi connectivity index (χ1n) is 7.89. The molecule has 3 heterocycles. The van der Waals surface area contributed by atoms with Crippen molar-refractivity contribution in [3.63, 3.8) is 0 Å². The van der Waals surface area contributed by atoms with E-state index < -0.39 is 0 Å². The Morgan fingerprint density at radius 1 is 1.12 bits per heavy atom. The third-order valence-corrected chi connectivity index (χ3v) is 4.22. The first kappa shape index (κ1) is 14.6. The highest BCUT2D eigenvalue weighted by atomic mass is 16.3. The summed E-state index contributed by atoms with van der Waals surface area (Å²) >= 11 is 0. The minimum atomic E-state index is 0.696. The predicted molar refractivity (Wildman–Crippen MR) is 93.5 cm³/mol. The van der Waals surface area contributed by atoms with Crippen LogP contribution in [0, 0.1) is 11.3 Å². The standard InChI is InChI=1S/C20H17N3O/c1-22(14-17-10-15-6-2-3-8-20(15)24-17)12-16-13-23-9-5-4-7-19(23)18(16)11-21/h2-10,13H,12,14H2,1H3. The lowest BCUT2D eigenvalue weighted by atomic mass is 10.1. The predicted octanol–water partition coefficient (Wildman–Crippen LogP) is 4.19. The van der Waals surface area contributed by atoms with Gasteiger partial charge < -0.3 is 8.82 Å². The summed E-state index contributed by atoms with van der Waals surface area (Å²) in [7, 11) is 2.04. The molecule has 4 aromatic rings. The van der Waals surface area contributed by atoms with Crippen LogP contribution in [0.5, 0.6) is 0 Å². The zero-order valence-electron chi connectivity index (χ0n) is 13.4. The third kappa shape index (κ3) is 2.55. The Morgan fingerprint density at radius 3 is 2.79 bits per heavy atom. The maximum atomic E-state index is 9.50. The van der Waals surface area contributed by atoms with Crippen LogP contribution < -0.4 is 0 Å². The van der Waals surface area contributed by atoms with Crippen LogP contribution in [0.3, 0.4) is 0 Å². The molecule has 0 N–H and O–H groups in total. The van der Waals surface area contributed by atoms with Gasteiger partial charge in [-0.05, 0) is 31.3 Å². The molecule has 0 aliphatic carbocycles. The van der Waals surface area contributed by atoms with Crippen LogP contribution in [-0.2, 0) is 13.1 Å². The van der Waals surface area contributed by atoms with E-state index in [0.29, 0.717) is 13.1 Å². The maximum Gasteiger partial charge on any atom is 0.134 e. The van der Waals surface area contributed by atoms with Crippen molar-refractivity contribution in [1.82, 2.24) is 9.30 Å². The van der Waals surface area contributed by atoms with E-state index in [1.54, 1.807) is 0 Å². The molecular formula is C20H17N3O. The fourth-order valence-electron chi connectivity index (χ4n) is 3.15. The number of nitriles is 1. The van der Waals surface area contributed by atoms with Crippen LogP contribution in [0.2, 0.25) is 0 Å². The van der Waals surface area contributed by atoms with Gasteiger partial charge in [-0.2, -0.15) is 5.26 Å². The molecule has 0 amide bonds. The Morgan fingerprint density at radius 2 is 1.96 bits per heavy atom. The van der Waals surface area contributed by atoms with Crippen molar-refractivity contribution in [3.05, 3.63) is 77.8 Å². The van der Waals surface area contributed by atoms with E-state index in [9.17, 15) is 5.26 Å². The highest BCUT2D eigenvalue weighted by Crippen LogP contribution is 2.22. The molecule has 0 saturated heterocycles. The first-order valence-corrected chi connectivity index (χ1v) is 7.89. The van der Waals surface area contributed by atoms with E-state index in [1.165, 1.54) is 0 Å². The van der Waals surface area contributed by atoms with E-state index >= 15 is 0 Å². The first-order chi connectivity index (χ1) is 11.7. The number of pyridine rings is 1. The molecule has 0 spiro atoms. The molecule has 0 unspecified atom stereocenters. The van der Waals surface area contributed by atoms with Crippen molar-refractivity contribution in [1.29, 1.82) is 5.26 Å². The Kier molecular flexibility index (Phi) is 3.56. The largest absolute Gasteiger partial charge is 0.460 e. The molecule has 0 aliphatic rings. The van der Waals surface area contributed by atoms with E-state index in [-0.39, 0.29) is 0 Å². The Bertz CT molecular complexity index is 1020. The average Bonchev–Trinajstić information content (AvgIpc) is 3.14. The molecule has 24 heavy (non-hydrogen) atoms. The molecular weight excluding hydrogens is 298 g/mol. The number of nitrogens with zero attached hydrogens (tertiary/aromatic N) is 3. The van der Waals surface area contributed by atoms with Gasteiger partial charge in [-0.25, -0.2) is 0 Å². The fraction of sp³-hybridized carbons (Fsp3) is 0.150. The SMILES string of the molecule is CN(Cc1cc2ccccc2o1)Cc1cn2ccccc2c1C#N. The van der Waals surface area contributed by atoms with Gasteiger partial charge in [-0.15, -0.1) is 0 Å². The van der Waals surface area contributed by atoms with Crippen molar-refractivity contribution < 1.29 is 4.42 Å². The van der Waals surface area contributed by atoms with Crippen LogP contribution in [0.25, 0.3) is 16.5 Å². The van der Waals surface area contributed by atoms with Gasteiger partial charge >= 0.3 is 0 Å². The molecule has 4 rings (SSSR count). The van der Waals surface area contributed by atoms with Gasteiger partial charge in [0.15, 0.2) is 0 Å². The molecule has 1 aromatic carbocycles. The lowest BCUT2D eigenvalue weighted by Crippen LogP contribution is -2.17. The third-order valence-electron chi connectivity index (χ3n) is 4.22. The van der Waals surface area contributed by atoms with Gasteiger partial charge in [0.1, 0.15) is 17.4 Å². The topological polar surface area (TPSA) is 44.6 Å². The summed E-state index contributed by atoms with van der Waals surface area (Å²) in [4.78, 5) is 2.16. The van der Waals surface area contributed by atoms with Crippen molar-refractivity contribution in [2.24, 2.45) is 0 Å². The molecule has 0 aliphatic heterocycles. The molecule has 0 bridgehead atoms. The lowest BCUT2D eigenvalue weighted by Gasteiger charge is -2.14. The van der Waals surface area contributed by atoms with E-state index in [1.807, 2.05) is 60.2 Å².